The van der Waals surface area contributed by atoms with E-state index in [2.05, 4.69) is 20.1 Å². The maximum Gasteiger partial charge on any atom is 0.248 e. The highest BCUT2D eigenvalue weighted by Gasteiger charge is 2.40. The van der Waals surface area contributed by atoms with Gasteiger partial charge in [-0.2, -0.15) is 0 Å². The van der Waals surface area contributed by atoms with Gasteiger partial charge >= 0.3 is 0 Å². The molecule has 1 N–H and O–H groups in total. The third kappa shape index (κ3) is 3.38. The molecule has 3 aliphatic rings. The maximum absolute atomic E-state index is 13.2. The second kappa shape index (κ2) is 5.53. The number of alkyl halides is 2. The minimum Gasteiger partial charge on any atom is -0.349 e. The highest BCUT2D eigenvalue weighted by Crippen LogP contribution is 2.44. The molecule has 0 aromatic carbocycles. The monoisotopic (exact) mass is 324 g/mol. The number of aromatic nitrogens is 3. The Kier molecular flexibility index (Phi) is 3.61. The number of nitrogens with zero attached hydrogens (tertiary/aromatic N) is 3. The summed E-state index contributed by atoms with van der Waals surface area (Å²) in [6, 6.07) is 0.487. The minimum absolute atomic E-state index is 0.0916. The van der Waals surface area contributed by atoms with Crippen molar-refractivity contribution in [1.29, 1.82) is 0 Å². The second-order valence-electron chi connectivity index (χ2n) is 7.30. The van der Waals surface area contributed by atoms with Crippen LogP contribution in [0.15, 0.2) is 0 Å². The first-order valence-corrected chi connectivity index (χ1v) is 8.60. The molecular weight excluding hydrogens is 302 g/mol. The van der Waals surface area contributed by atoms with Crippen LogP contribution in [0.1, 0.15) is 75.0 Å². The SMILES string of the molecule is O=C(CC1CCC(F)(F)C1)NCc1nnc(C2CC2)n1C1CC1. The lowest BCUT2D eigenvalue weighted by molar-refractivity contribution is -0.122. The van der Waals surface area contributed by atoms with Crippen LogP contribution in [0.2, 0.25) is 0 Å². The Hall–Kier alpha value is -1.53. The fourth-order valence-electron chi connectivity index (χ4n) is 3.54. The van der Waals surface area contributed by atoms with Crippen LogP contribution in [0.25, 0.3) is 0 Å². The number of rotatable bonds is 6. The first kappa shape index (κ1) is 15.0. The molecule has 126 valence electrons. The lowest BCUT2D eigenvalue weighted by Crippen LogP contribution is -2.26. The molecule has 1 atom stereocenters. The summed E-state index contributed by atoms with van der Waals surface area (Å²) in [5.41, 5.74) is 0. The van der Waals surface area contributed by atoms with E-state index in [9.17, 15) is 13.6 Å². The molecule has 0 bridgehead atoms. The van der Waals surface area contributed by atoms with Gasteiger partial charge in [0, 0.05) is 31.2 Å². The summed E-state index contributed by atoms with van der Waals surface area (Å²) in [6.45, 7) is 0.345. The Balaban J connectivity index is 1.33. The van der Waals surface area contributed by atoms with E-state index in [0.717, 1.165) is 24.5 Å². The van der Waals surface area contributed by atoms with Crippen molar-refractivity contribution in [2.45, 2.75) is 75.8 Å². The van der Waals surface area contributed by atoms with E-state index in [1.54, 1.807) is 0 Å². The van der Waals surface area contributed by atoms with Crippen LogP contribution in [-0.4, -0.2) is 26.6 Å². The zero-order valence-electron chi connectivity index (χ0n) is 13.1. The summed E-state index contributed by atoms with van der Waals surface area (Å²) in [4.78, 5) is 12.0. The molecule has 0 aliphatic heterocycles. The Morgan fingerprint density at radius 3 is 2.61 bits per heavy atom. The van der Waals surface area contributed by atoms with Crippen molar-refractivity contribution in [2.24, 2.45) is 5.92 Å². The van der Waals surface area contributed by atoms with Gasteiger partial charge in [-0.15, -0.1) is 10.2 Å². The molecule has 1 unspecified atom stereocenters. The average molecular weight is 324 g/mol. The van der Waals surface area contributed by atoms with Gasteiger partial charge in [0.15, 0.2) is 5.82 Å². The van der Waals surface area contributed by atoms with Crippen molar-refractivity contribution >= 4 is 5.91 Å². The Labute approximate surface area is 133 Å². The molecule has 3 saturated carbocycles. The number of carbonyl (C=O) groups is 1. The summed E-state index contributed by atoms with van der Waals surface area (Å²) in [6.07, 6.45) is 5.01. The molecule has 1 heterocycles. The Morgan fingerprint density at radius 1 is 1.22 bits per heavy atom. The number of nitrogens with one attached hydrogen (secondary N) is 1. The third-order valence-corrected chi connectivity index (χ3v) is 5.07. The summed E-state index contributed by atoms with van der Waals surface area (Å²) in [5, 5.41) is 11.4. The molecule has 23 heavy (non-hydrogen) atoms. The molecule has 1 amide bonds. The van der Waals surface area contributed by atoms with Crippen molar-refractivity contribution in [3.63, 3.8) is 0 Å². The number of amides is 1. The topological polar surface area (TPSA) is 59.8 Å². The molecule has 4 rings (SSSR count). The zero-order chi connectivity index (χ0) is 16.0. The summed E-state index contributed by atoms with van der Waals surface area (Å²) >= 11 is 0. The van der Waals surface area contributed by atoms with Crippen molar-refractivity contribution in [2.75, 3.05) is 0 Å². The molecule has 0 saturated heterocycles. The average Bonchev–Trinajstić information content (AvgIpc) is 3.41. The van der Waals surface area contributed by atoms with Crippen LogP contribution < -0.4 is 5.32 Å². The van der Waals surface area contributed by atoms with Gasteiger partial charge in [-0.05, 0) is 38.0 Å². The number of hydrogen-bond donors (Lipinski definition) is 1. The maximum atomic E-state index is 13.2. The van der Waals surface area contributed by atoms with Crippen molar-refractivity contribution in [3.8, 4) is 0 Å². The van der Waals surface area contributed by atoms with Crippen LogP contribution in [0.3, 0.4) is 0 Å². The molecule has 7 heteroatoms. The smallest absolute Gasteiger partial charge is 0.248 e. The lowest BCUT2D eigenvalue weighted by Gasteiger charge is -2.12. The zero-order valence-corrected chi connectivity index (χ0v) is 13.1. The molecule has 3 aliphatic carbocycles. The summed E-state index contributed by atoms with van der Waals surface area (Å²) < 4.78 is 28.5. The van der Waals surface area contributed by atoms with Gasteiger partial charge in [0.05, 0.1) is 6.54 Å². The quantitative estimate of drug-likeness (QED) is 0.875. The van der Waals surface area contributed by atoms with Gasteiger partial charge < -0.3 is 9.88 Å². The number of hydrogen-bond acceptors (Lipinski definition) is 3. The van der Waals surface area contributed by atoms with Crippen LogP contribution in [0.4, 0.5) is 8.78 Å². The van der Waals surface area contributed by atoms with Crippen LogP contribution in [0, 0.1) is 5.92 Å². The second-order valence-corrected chi connectivity index (χ2v) is 7.30. The van der Waals surface area contributed by atoms with Gasteiger partial charge in [-0.1, -0.05) is 0 Å². The van der Waals surface area contributed by atoms with Crippen LogP contribution in [-0.2, 0) is 11.3 Å². The lowest BCUT2D eigenvalue weighted by atomic mass is 10.0. The van der Waals surface area contributed by atoms with Gasteiger partial charge in [0.2, 0.25) is 11.8 Å². The highest BCUT2D eigenvalue weighted by molar-refractivity contribution is 5.76. The predicted molar refractivity (Wildman–Crippen MR) is 79.0 cm³/mol. The predicted octanol–water partition coefficient (Wildman–Crippen LogP) is 2.93. The highest BCUT2D eigenvalue weighted by atomic mass is 19.3. The standard InChI is InChI=1S/C16H22F2N4O/c17-16(18)6-5-10(8-16)7-14(23)19-9-13-20-21-15(11-1-2-11)22(13)12-3-4-12/h10-12H,1-9H2,(H,19,23). The van der Waals surface area contributed by atoms with E-state index in [-0.39, 0.29) is 31.1 Å². The molecule has 5 nitrogen and oxygen atoms in total. The van der Waals surface area contributed by atoms with Crippen LogP contribution >= 0.6 is 0 Å². The van der Waals surface area contributed by atoms with Crippen LogP contribution in [0.5, 0.6) is 0 Å². The number of halogens is 2. The normalized spacial score (nSPS) is 26.4. The minimum atomic E-state index is -2.59. The van der Waals surface area contributed by atoms with E-state index in [0.29, 0.717) is 24.9 Å². The van der Waals surface area contributed by atoms with E-state index >= 15 is 0 Å². The fourth-order valence-corrected chi connectivity index (χ4v) is 3.54. The fraction of sp³-hybridized carbons (Fsp3) is 0.812. The summed E-state index contributed by atoms with van der Waals surface area (Å²) in [5.74, 6) is -0.546. The molecule has 1 aromatic heterocycles. The van der Waals surface area contributed by atoms with Crippen molar-refractivity contribution < 1.29 is 13.6 Å². The molecule has 0 radical (unpaired) electrons. The summed E-state index contributed by atoms with van der Waals surface area (Å²) in [7, 11) is 0. The Bertz CT molecular complexity index is 607. The van der Waals surface area contributed by atoms with Crippen molar-refractivity contribution in [1.82, 2.24) is 20.1 Å². The van der Waals surface area contributed by atoms with Gasteiger partial charge in [-0.25, -0.2) is 8.78 Å². The molecule has 0 spiro atoms. The van der Waals surface area contributed by atoms with Gasteiger partial charge in [0.1, 0.15) is 5.82 Å². The van der Waals surface area contributed by atoms with Gasteiger partial charge in [0.25, 0.3) is 0 Å². The van der Waals surface area contributed by atoms with E-state index in [4.69, 9.17) is 0 Å². The van der Waals surface area contributed by atoms with E-state index in [1.165, 1.54) is 12.8 Å². The van der Waals surface area contributed by atoms with Gasteiger partial charge in [-0.3, -0.25) is 4.79 Å². The largest absolute Gasteiger partial charge is 0.349 e. The molecular formula is C16H22F2N4O. The first-order valence-electron chi connectivity index (χ1n) is 8.60. The molecule has 3 fully saturated rings. The number of carbonyl (C=O) groups excluding carboxylic acids is 1. The van der Waals surface area contributed by atoms with E-state index < -0.39 is 5.92 Å². The Morgan fingerprint density at radius 2 is 2.00 bits per heavy atom. The third-order valence-electron chi connectivity index (χ3n) is 5.07. The van der Waals surface area contributed by atoms with E-state index in [1.807, 2.05) is 0 Å². The first-order chi connectivity index (χ1) is 11.0. The van der Waals surface area contributed by atoms with Crippen molar-refractivity contribution in [3.05, 3.63) is 11.6 Å². The molecule has 1 aromatic rings.